The summed E-state index contributed by atoms with van der Waals surface area (Å²) >= 11 is 5.97. The summed E-state index contributed by atoms with van der Waals surface area (Å²) in [5, 5.41) is 0.656. The van der Waals surface area contributed by atoms with Gasteiger partial charge in [0.25, 0.3) is 5.91 Å². The van der Waals surface area contributed by atoms with Gasteiger partial charge in [-0.1, -0.05) is 11.6 Å². The Bertz CT molecular complexity index is 714. The highest BCUT2D eigenvalue weighted by molar-refractivity contribution is 6.31. The number of nitrogens with one attached hydrogen (secondary N) is 2. The standard InChI is InChI=1S/C21H27ClN2O3/c1-13-4-17(2-3-18(13)22)27-12-20(26)24-23-19(25)11-21-8-14-5-15(9-21)7-16(6-14)10-21/h2-4,14-16H,5-12H2,1H3,(H,23,25)(H,24,26). The minimum Gasteiger partial charge on any atom is -0.484 e. The lowest BCUT2D eigenvalue weighted by Gasteiger charge is -2.56. The van der Waals surface area contributed by atoms with E-state index in [4.69, 9.17) is 16.3 Å². The third-order valence-electron chi connectivity index (χ3n) is 6.54. The Morgan fingerprint density at radius 2 is 1.67 bits per heavy atom. The van der Waals surface area contributed by atoms with Crippen molar-refractivity contribution >= 4 is 23.4 Å². The van der Waals surface area contributed by atoms with Gasteiger partial charge in [0.1, 0.15) is 5.75 Å². The van der Waals surface area contributed by atoms with Crippen LogP contribution < -0.4 is 15.6 Å². The maximum Gasteiger partial charge on any atom is 0.276 e. The molecule has 4 fully saturated rings. The Labute approximate surface area is 165 Å². The summed E-state index contributed by atoms with van der Waals surface area (Å²) in [6.07, 6.45) is 8.14. The van der Waals surface area contributed by atoms with Crippen molar-refractivity contribution in [2.24, 2.45) is 23.2 Å². The molecule has 4 aliphatic carbocycles. The number of amides is 2. The second-order valence-corrected chi connectivity index (χ2v) is 9.30. The molecule has 0 saturated heterocycles. The highest BCUT2D eigenvalue weighted by atomic mass is 35.5. The topological polar surface area (TPSA) is 67.4 Å². The summed E-state index contributed by atoms with van der Waals surface area (Å²) in [6, 6.07) is 5.23. The average molecular weight is 391 g/mol. The fraction of sp³-hybridized carbons (Fsp3) is 0.619. The Morgan fingerprint density at radius 1 is 1.07 bits per heavy atom. The van der Waals surface area contributed by atoms with E-state index in [1.54, 1.807) is 18.2 Å². The van der Waals surface area contributed by atoms with Gasteiger partial charge in [0.2, 0.25) is 5.91 Å². The van der Waals surface area contributed by atoms with Crippen LogP contribution in [0.3, 0.4) is 0 Å². The van der Waals surface area contributed by atoms with Crippen LogP contribution in [0.1, 0.15) is 50.5 Å². The first-order valence-electron chi connectivity index (χ1n) is 9.87. The Morgan fingerprint density at radius 3 is 2.26 bits per heavy atom. The molecule has 1 aromatic rings. The van der Waals surface area contributed by atoms with Gasteiger partial charge in [-0.3, -0.25) is 20.4 Å². The Kier molecular flexibility index (Phi) is 5.06. The molecule has 1 aromatic carbocycles. The number of ether oxygens (including phenoxy) is 1. The second-order valence-electron chi connectivity index (χ2n) is 8.89. The van der Waals surface area contributed by atoms with E-state index in [9.17, 15) is 9.59 Å². The first-order valence-corrected chi connectivity index (χ1v) is 10.3. The van der Waals surface area contributed by atoms with Gasteiger partial charge >= 0.3 is 0 Å². The number of carbonyl (C=O) groups excluding carboxylic acids is 2. The predicted molar refractivity (Wildman–Crippen MR) is 103 cm³/mol. The maximum atomic E-state index is 12.4. The molecule has 0 spiro atoms. The molecular weight excluding hydrogens is 364 g/mol. The van der Waals surface area contributed by atoms with Crippen LogP contribution in [0.25, 0.3) is 0 Å². The zero-order valence-corrected chi connectivity index (χ0v) is 16.5. The maximum absolute atomic E-state index is 12.4. The van der Waals surface area contributed by atoms with Crippen molar-refractivity contribution in [3.05, 3.63) is 28.8 Å². The van der Waals surface area contributed by atoms with Gasteiger partial charge in [-0.15, -0.1) is 0 Å². The quantitative estimate of drug-likeness (QED) is 0.752. The van der Waals surface area contributed by atoms with Crippen molar-refractivity contribution in [2.75, 3.05) is 6.61 Å². The number of rotatable bonds is 5. The SMILES string of the molecule is Cc1cc(OCC(=O)NNC(=O)CC23CC4CC(CC(C4)C2)C3)ccc1Cl. The normalized spacial score (nSPS) is 30.8. The van der Waals surface area contributed by atoms with Gasteiger partial charge in [0.15, 0.2) is 6.61 Å². The molecule has 0 unspecified atom stereocenters. The number of halogens is 1. The lowest BCUT2D eigenvalue weighted by atomic mass is 9.49. The Balaban J connectivity index is 1.22. The van der Waals surface area contributed by atoms with Crippen LogP contribution in [0.4, 0.5) is 0 Å². The molecule has 146 valence electrons. The van der Waals surface area contributed by atoms with E-state index in [-0.39, 0.29) is 23.8 Å². The molecule has 27 heavy (non-hydrogen) atoms. The van der Waals surface area contributed by atoms with Crippen molar-refractivity contribution < 1.29 is 14.3 Å². The molecule has 0 atom stereocenters. The summed E-state index contributed by atoms with van der Waals surface area (Å²) in [6.45, 7) is 1.72. The van der Waals surface area contributed by atoms with Crippen LogP contribution >= 0.6 is 11.6 Å². The minimum atomic E-state index is -0.374. The predicted octanol–water partition coefficient (Wildman–Crippen LogP) is 3.78. The molecule has 0 heterocycles. The van der Waals surface area contributed by atoms with Gasteiger partial charge in [0.05, 0.1) is 0 Å². The third kappa shape index (κ3) is 4.23. The average Bonchev–Trinajstić information content (AvgIpc) is 2.59. The molecule has 0 aliphatic heterocycles. The second kappa shape index (κ2) is 7.34. The van der Waals surface area contributed by atoms with E-state index in [0.717, 1.165) is 23.3 Å². The molecule has 2 N–H and O–H groups in total. The Hall–Kier alpha value is -1.75. The van der Waals surface area contributed by atoms with E-state index < -0.39 is 0 Å². The number of hydrogen-bond donors (Lipinski definition) is 2. The molecule has 5 nitrogen and oxygen atoms in total. The van der Waals surface area contributed by atoms with Crippen molar-refractivity contribution in [3.63, 3.8) is 0 Å². The molecule has 5 rings (SSSR count). The smallest absolute Gasteiger partial charge is 0.276 e. The number of aryl methyl sites for hydroxylation is 1. The molecule has 0 aromatic heterocycles. The fourth-order valence-corrected chi connectivity index (χ4v) is 6.04. The first kappa shape index (κ1) is 18.6. The van der Waals surface area contributed by atoms with Gasteiger partial charge in [-0.25, -0.2) is 0 Å². The molecule has 4 saturated carbocycles. The molecule has 2 amide bonds. The van der Waals surface area contributed by atoms with Gasteiger partial charge < -0.3 is 4.74 Å². The van der Waals surface area contributed by atoms with Crippen molar-refractivity contribution in [1.29, 1.82) is 0 Å². The van der Waals surface area contributed by atoms with E-state index >= 15 is 0 Å². The van der Waals surface area contributed by atoms with Gasteiger partial charge in [-0.2, -0.15) is 0 Å². The molecule has 4 aliphatic rings. The minimum absolute atomic E-state index is 0.0902. The highest BCUT2D eigenvalue weighted by Crippen LogP contribution is 2.61. The van der Waals surface area contributed by atoms with E-state index in [1.807, 2.05) is 6.92 Å². The number of benzene rings is 1. The summed E-state index contributed by atoms with van der Waals surface area (Å²) in [5.74, 6) is 2.56. The van der Waals surface area contributed by atoms with Crippen LogP contribution in [0.15, 0.2) is 18.2 Å². The number of hydrogen-bond acceptors (Lipinski definition) is 3. The van der Waals surface area contributed by atoms with E-state index in [0.29, 0.717) is 17.2 Å². The monoisotopic (exact) mass is 390 g/mol. The van der Waals surface area contributed by atoms with Crippen molar-refractivity contribution in [3.8, 4) is 5.75 Å². The summed E-state index contributed by atoms with van der Waals surface area (Å²) < 4.78 is 5.45. The number of hydrazine groups is 1. The first-order chi connectivity index (χ1) is 12.9. The summed E-state index contributed by atoms with van der Waals surface area (Å²) in [5.41, 5.74) is 6.10. The van der Waals surface area contributed by atoms with Gasteiger partial charge in [0, 0.05) is 11.4 Å². The molecule has 0 radical (unpaired) electrons. The largest absolute Gasteiger partial charge is 0.484 e. The summed E-state index contributed by atoms with van der Waals surface area (Å²) in [7, 11) is 0. The highest BCUT2D eigenvalue weighted by Gasteiger charge is 2.51. The number of carbonyl (C=O) groups is 2. The lowest BCUT2D eigenvalue weighted by Crippen LogP contribution is -2.50. The third-order valence-corrected chi connectivity index (χ3v) is 6.97. The van der Waals surface area contributed by atoms with E-state index in [1.165, 1.54) is 38.5 Å². The van der Waals surface area contributed by atoms with E-state index in [2.05, 4.69) is 10.9 Å². The molecule has 6 heteroatoms. The van der Waals surface area contributed by atoms with Crippen LogP contribution in [-0.4, -0.2) is 18.4 Å². The van der Waals surface area contributed by atoms with Crippen molar-refractivity contribution in [1.82, 2.24) is 10.9 Å². The van der Waals surface area contributed by atoms with Crippen LogP contribution in [0, 0.1) is 30.1 Å². The van der Waals surface area contributed by atoms with Crippen LogP contribution in [-0.2, 0) is 9.59 Å². The fourth-order valence-electron chi connectivity index (χ4n) is 5.92. The molecular formula is C21H27ClN2O3. The lowest BCUT2D eigenvalue weighted by molar-refractivity contribution is -0.134. The zero-order valence-electron chi connectivity index (χ0n) is 15.7. The van der Waals surface area contributed by atoms with Gasteiger partial charge in [-0.05, 0) is 92.4 Å². The molecule has 4 bridgehead atoms. The zero-order chi connectivity index (χ0) is 19.0. The van der Waals surface area contributed by atoms with Crippen LogP contribution in [0.5, 0.6) is 5.75 Å². The van der Waals surface area contributed by atoms with Crippen LogP contribution in [0.2, 0.25) is 5.02 Å². The van der Waals surface area contributed by atoms with Crippen molar-refractivity contribution in [2.45, 2.75) is 51.9 Å². The summed E-state index contributed by atoms with van der Waals surface area (Å²) in [4.78, 5) is 24.4.